The first-order valence-electron chi connectivity index (χ1n) is 14.1. The number of hydrogen-bond acceptors (Lipinski definition) is 9. The van der Waals surface area contributed by atoms with Gasteiger partial charge in [-0.05, 0) is 88.2 Å². The highest BCUT2D eigenvalue weighted by molar-refractivity contribution is 8.18. The van der Waals surface area contributed by atoms with Crippen LogP contribution in [-0.2, 0) is 14.4 Å². The van der Waals surface area contributed by atoms with E-state index in [4.69, 9.17) is 15.2 Å². The third-order valence-corrected chi connectivity index (χ3v) is 7.94. The normalized spacial score (nSPS) is 16.4. The van der Waals surface area contributed by atoms with E-state index in [1.807, 2.05) is 6.07 Å². The van der Waals surface area contributed by atoms with E-state index in [9.17, 15) is 29.4 Å². The van der Waals surface area contributed by atoms with Crippen LogP contribution in [-0.4, -0.2) is 87.4 Å². The van der Waals surface area contributed by atoms with Crippen molar-refractivity contribution in [2.75, 3.05) is 20.8 Å². The molecular formula is C31H39N5O8S. The van der Waals surface area contributed by atoms with E-state index >= 15 is 0 Å². The second kappa shape index (κ2) is 14.8. The first-order chi connectivity index (χ1) is 21.2. The van der Waals surface area contributed by atoms with Gasteiger partial charge in [0.2, 0.25) is 17.6 Å². The van der Waals surface area contributed by atoms with Gasteiger partial charge in [-0.2, -0.15) is 0 Å². The number of carboxylic acid groups (broad SMARTS) is 1. The van der Waals surface area contributed by atoms with E-state index in [-0.39, 0.29) is 46.7 Å². The van der Waals surface area contributed by atoms with E-state index in [1.54, 1.807) is 51.1 Å². The van der Waals surface area contributed by atoms with Crippen LogP contribution < -0.4 is 20.5 Å². The summed E-state index contributed by atoms with van der Waals surface area (Å²) in [6, 6.07) is 9.77. The molecule has 14 heteroatoms. The second-order valence-corrected chi connectivity index (χ2v) is 12.2. The van der Waals surface area contributed by atoms with Crippen molar-refractivity contribution in [3.63, 3.8) is 0 Å². The van der Waals surface area contributed by atoms with E-state index in [0.717, 1.165) is 11.8 Å². The van der Waals surface area contributed by atoms with Gasteiger partial charge in [0.05, 0.1) is 24.8 Å². The number of phenolic OH excluding ortho intramolecular Hbond substituents is 1. The molecule has 13 nitrogen and oxygen atoms in total. The van der Waals surface area contributed by atoms with Crippen LogP contribution in [0.3, 0.4) is 0 Å². The molecule has 4 amide bonds. The maximum Gasteiger partial charge on any atom is 0.407 e. The van der Waals surface area contributed by atoms with Crippen LogP contribution in [0, 0.1) is 0 Å². The van der Waals surface area contributed by atoms with Crippen molar-refractivity contribution in [2.24, 2.45) is 10.7 Å². The number of ether oxygens (including phenoxy) is 2. The number of benzene rings is 2. The molecule has 2 aromatic rings. The second-order valence-electron chi connectivity index (χ2n) is 11.2. The van der Waals surface area contributed by atoms with E-state index in [2.05, 4.69) is 10.3 Å². The summed E-state index contributed by atoms with van der Waals surface area (Å²) < 4.78 is 10.5. The fraction of sp³-hybridized carbons (Fsp3) is 0.387. The maximum atomic E-state index is 13.8. The molecule has 2 aromatic carbocycles. The molecule has 1 aliphatic heterocycles. The molecule has 0 bridgehead atoms. The number of para-hydroxylation sites is 1. The smallest absolute Gasteiger partial charge is 0.407 e. The van der Waals surface area contributed by atoms with Crippen LogP contribution in [0.2, 0.25) is 0 Å². The Morgan fingerprint density at radius 3 is 2.24 bits per heavy atom. The van der Waals surface area contributed by atoms with Gasteiger partial charge >= 0.3 is 6.09 Å². The van der Waals surface area contributed by atoms with Crippen molar-refractivity contribution in [2.45, 2.75) is 58.2 Å². The maximum absolute atomic E-state index is 13.8. The molecule has 0 radical (unpaired) electrons. The summed E-state index contributed by atoms with van der Waals surface area (Å²) in [4.78, 5) is 58.5. The Hall–Kier alpha value is -4.72. The van der Waals surface area contributed by atoms with Crippen LogP contribution in [0.1, 0.15) is 46.1 Å². The van der Waals surface area contributed by atoms with Crippen molar-refractivity contribution in [3.8, 4) is 17.2 Å². The summed E-state index contributed by atoms with van der Waals surface area (Å²) in [6.07, 6.45) is 0.825. The molecule has 0 unspecified atom stereocenters. The Morgan fingerprint density at radius 1 is 1.13 bits per heavy atom. The minimum absolute atomic E-state index is 0.0942. The summed E-state index contributed by atoms with van der Waals surface area (Å²) in [5.41, 5.74) is 5.97. The number of nitrogens with two attached hydrogens (primary N) is 1. The number of nitrogens with zero attached hydrogens (tertiary/aromatic N) is 3. The Balaban J connectivity index is 1.89. The molecular weight excluding hydrogens is 602 g/mol. The van der Waals surface area contributed by atoms with Gasteiger partial charge in [0.15, 0.2) is 16.7 Å². The van der Waals surface area contributed by atoms with Gasteiger partial charge in [0.1, 0.15) is 12.1 Å². The zero-order valence-corrected chi connectivity index (χ0v) is 26.9. The fourth-order valence-corrected chi connectivity index (χ4v) is 5.60. The monoisotopic (exact) mass is 641 g/mol. The van der Waals surface area contributed by atoms with Crippen molar-refractivity contribution in [1.29, 1.82) is 0 Å². The number of thioether (sulfide) groups is 1. The molecule has 1 saturated heterocycles. The Bertz CT molecular complexity index is 1460. The number of nitrogens with one attached hydrogen (secondary N) is 1. The summed E-state index contributed by atoms with van der Waals surface area (Å²) in [5.74, 6) is -1.85. The first-order valence-corrected chi connectivity index (χ1v) is 14.9. The number of rotatable bonds is 12. The van der Waals surface area contributed by atoms with Crippen molar-refractivity contribution in [3.05, 3.63) is 52.9 Å². The molecule has 1 fully saturated rings. The number of methoxy groups -OCH3 is 2. The standard InChI is InChI=1S/C31H39N5O8S/c1-18(27(39)34-21(26(32)38)13-10-14-35(30(41)42)31(2,3)4)36-28(40)24(45-29(36)33-20-11-8-7-9-12-20)17-19-15-22(43-5)25(37)23(16-19)44-6/h7-9,11-12,15-18,21,37H,10,13-14H2,1-6H3,(H2,32,38)(H,34,39)(H,41,42)/b24-17-,33-29-/t18-,21-/m0/s1. The average molecular weight is 642 g/mol. The Labute approximate surface area is 266 Å². The molecule has 5 N–H and O–H groups in total. The SMILES string of the molecule is COc1cc(/C=C2\S/C(=N\c3ccccc3)N([C@@H](C)C(=O)N[C@@H](CCCN(C(=O)O)C(C)(C)C)C(N)=O)C2=O)cc(OC)c1O. The third kappa shape index (κ3) is 8.69. The lowest BCUT2D eigenvalue weighted by atomic mass is 10.0. The number of amidine groups is 1. The molecule has 0 spiro atoms. The molecule has 0 saturated carbocycles. The summed E-state index contributed by atoms with van der Waals surface area (Å²) >= 11 is 1.05. The van der Waals surface area contributed by atoms with Gasteiger partial charge in [-0.3, -0.25) is 19.3 Å². The van der Waals surface area contributed by atoms with Crippen molar-refractivity contribution >= 4 is 52.5 Å². The van der Waals surface area contributed by atoms with Gasteiger partial charge in [-0.1, -0.05) is 18.2 Å². The number of carbonyl (C=O) groups excluding carboxylic acids is 3. The Kier molecular flexibility index (Phi) is 11.5. The van der Waals surface area contributed by atoms with Gasteiger partial charge in [-0.15, -0.1) is 0 Å². The zero-order valence-electron chi connectivity index (χ0n) is 26.1. The highest BCUT2D eigenvalue weighted by Crippen LogP contribution is 2.40. The van der Waals surface area contributed by atoms with Crippen LogP contribution in [0.4, 0.5) is 10.5 Å². The Morgan fingerprint density at radius 2 is 1.73 bits per heavy atom. The third-order valence-electron chi connectivity index (χ3n) is 6.96. The lowest BCUT2D eigenvalue weighted by Gasteiger charge is -2.33. The molecule has 0 aromatic heterocycles. The highest BCUT2D eigenvalue weighted by atomic mass is 32.2. The minimum Gasteiger partial charge on any atom is -0.502 e. The molecule has 3 rings (SSSR count). The number of amides is 4. The van der Waals surface area contributed by atoms with E-state index < -0.39 is 41.4 Å². The minimum atomic E-state index is -1.10. The quantitative estimate of drug-likeness (QED) is 0.249. The number of carbonyl (C=O) groups is 4. The number of primary amides is 1. The molecule has 2 atom stereocenters. The van der Waals surface area contributed by atoms with Gasteiger partial charge < -0.3 is 35.6 Å². The lowest BCUT2D eigenvalue weighted by Crippen LogP contribution is -2.53. The molecule has 242 valence electrons. The topological polar surface area (TPSA) is 184 Å². The number of aliphatic imine (C=N–C) groups is 1. The van der Waals surface area contributed by atoms with Gasteiger partial charge in [0, 0.05) is 12.1 Å². The summed E-state index contributed by atoms with van der Waals surface area (Å²) in [6.45, 7) is 6.91. The summed E-state index contributed by atoms with van der Waals surface area (Å²) in [7, 11) is 2.78. The van der Waals surface area contributed by atoms with Gasteiger partial charge in [-0.25, -0.2) is 9.79 Å². The van der Waals surface area contributed by atoms with Crippen LogP contribution >= 0.6 is 11.8 Å². The zero-order chi connectivity index (χ0) is 33.5. The predicted octanol–water partition coefficient (Wildman–Crippen LogP) is 3.93. The molecule has 45 heavy (non-hydrogen) atoms. The first kappa shape index (κ1) is 34.8. The van der Waals surface area contributed by atoms with Crippen LogP contribution in [0.25, 0.3) is 6.08 Å². The van der Waals surface area contributed by atoms with E-state index in [0.29, 0.717) is 11.3 Å². The van der Waals surface area contributed by atoms with Crippen LogP contribution in [0.15, 0.2) is 52.4 Å². The highest BCUT2D eigenvalue weighted by Gasteiger charge is 2.40. The molecule has 1 aliphatic rings. The van der Waals surface area contributed by atoms with Crippen molar-refractivity contribution < 1.29 is 38.9 Å². The van der Waals surface area contributed by atoms with E-state index in [1.165, 1.54) is 43.1 Å². The predicted molar refractivity (Wildman–Crippen MR) is 171 cm³/mol. The van der Waals surface area contributed by atoms with Crippen LogP contribution in [0.5, 0.6) is 17.2 Å². The largest absolute Gasteiger partial charge is 0.502 e. The van der Waals surface area contributed by atoms with Gasteiger partial charge in [0.25, 0.3) is 5.91 Å². The average Bonchev–Trinajstić information content (AvgIpc) is 3.27. The van der Waals surface area contributed by atoms with Crippen molar-refractivity contribution in [1.82, 2.24) is 15.1 Å². The number of phenols is 1. The number of hydrogen-bond donors (Lipinski definition) is 4. The molecule has 0 aliphatic carbocycles. The fourth-order valence-electron chi connectivity index (χ4n) is 4.53. The summed E-state index contributed by atoms with van der Waals surface area (Å²) in [5, 5.41) is 22.7. The number of aromatic hydroxyl groups is 1. The molecule has 1 heterocycles. The lowest BCUT2D eigenvalue weighted by molar-refractivity contribution is -0.134.